The van der Waals surface area contributed by atoms with Gasteiger partial charge in [-0.1, -0.05) is 6.92 Å². The number of halogens is 3. The predicted molar refractivity (Wildman–Crippen MR) is 53.6 cm³/mol. The van der Waals surface area contributed by atoms with E-state index in [-0.39, 0.29) is 6.42 Å². The van der Waals surface area contributed by atoms with Gasteiger partial charge in [-0.15, -0.1) is 0 Å². The first kappa shape index (κ1) is 12.2. The van der Waals surface area contributed by atoms with Crippen LogP contribution in [0, 0.1) is 0 Å². The van der Waals surface area contributed by atoms with Crippen LogP contribution in [0.2, 0.25) is 0 Å². The minimum absolute atomic E-state index is 0.192. The summed E-state index contributed by atoms with van der Waals surface area (Å²) >= 11 is 1.88. The molecule has 1 N–H and O–H groups in total. The lowest BCUT2D eigenvalue weighted by atomic mass is 10.1. The van der Waals surface area contributed by atoms with E-state index < -0.39 is 12.6 Å². The molecule has 84 valence electrons. The summed E-state index contributed by atoms with van der Waals surface area (Å²) in [6.07, 6.45) is -3.40. The molecule has 1 fully saturated rings. The van der Waals surface area contributed by atoms with Crippen LogP contribution >= 0.6 is 11.8 Å². The summed E-state index contributed by atoms with van der Waals surface area (Å²) in [5, 5.41) is 3.73. The highest BCUT2D eigenvalue weighted by molar-refractivity contribution is 8.00. The Bertz CT molecular complexity index is 172. The molecule has 0 aromatic rings. The third-order valence-electron chi connectivity index (χ3n) is 2.42. The molecule has 1 rings (SSSR count). The van der Waals surface area contributed by atoms with Gasteiger partial charge in [-0.3, -0.25) is 0 Å². The first-order valence-electron chi connectivity index (χ1n) is 4.91. The van der Waals surface area contributed by atoms with Crippen LogP contribution in [-0.2, 0) is 0 Å². The van der Waals surface area contributed by atoms with Gasteiger partial charge in [0.05, 0.1) is 0 Å². The zero-order chi connectivity index (χ0) is 10.6. The molecule has 1 aliphatic rings. The lowest BCUT2D eigenvalue weighted by Gasteiger charge is -2.16. The van der Waals surface area contributed by atoms with Gasteiger partial charge in [0, 0.05) is 17.7 Å². The number of hydrogen-bond donors (Lipinski definition) is 1. The standard InChI is InChI=1S/C9H16F3NS/c1-7-8(3-6-14-7)13-5-2-4-9(10,11)12/h7-8,13H,2-6H2,1H3. The second-order valence-electron chi connectivity index (χ2n) is 3.64. The molecule has 0 aliphatic carbocycles. The van der Waals surface area contributed by atoms with Gasteiger partial charge < -0.3 is 5.32 Å². The maximum Gasteiger partial charge on any atom is 0.389 e. The van der Waals surface area contributed by atoms with E-state index in [0.717, 1.165) is 12.2 Å². The van der Waals surface area contributed by atoms with Crippen molar-refractivity contribution >= 4 is 11.8 Å². The Balaban J connectivity index is 2.04. The molecule has 0 aromatic heterocycles. The molecule has 0 bridgehead atoms. The van der Waals surface area contributed by atoms with Gasteiger partial charge in [-0.2, -0.15) is 24.9 Å². The van der Waals surface area contributed by atoms with Crippen LogP contribution in [0.3, 0.4) is 0 Å². The molecular weight excluding hydrogens is 211 g/mol. The Kier molecular flexibility index (Phi) is 4.57. The van der Waals surface area contributed by atoms with E-state index >= 15 is 0 Å². The van der Waals surface area contributed by atoms with Crippen molar-refractivity contribution in [3.05, 3.63) is 0 Å². The van der Waals surface area contributed by atoms with Crippen molar-refractivity contribution in [2.75, 3.05) is 12.3 Å². The number of thioether (sulfide) groups is 1. The molecule has 0 radical (unpaired) electrons. The van der Waals surface area contributed by atoms with Crippen molar-refractivity contribution in [2.45, 2.75) is 43.7 Å². The third-order valence-corrected chi connectivity index (χ3v) is 3.75. The summed E-state index contributed by atoms with van der Waals surface area (Å²) in [4.78, 5) is 0. The number of rotatable bonds is 4. The molecule has 1 saturated heterocycles. The third kappa shape index (κ3) is 4.55. The molecule has 2 unspecified atom stereocenters. The van der Waals surface area contributed by atoms with Gasteiger partial charge in [-0.05, 0) is 25.1 Å². The van der Waals surface area contributed by atoms with E-state index in [0.29, 0.717) is 17.8 Å². The fourth-order valence-corrected chi connectivity index (χ4v) is 2.80. The smallest absolute Gasteiger partial charge is 0.313 e. The van der Waals surface area contributed by atoms with Gasteiger partial charge in [0.1, 0.15) is 0 Å². The number of hydrogen-bond acceptors (Lipinski definition) is 2. The molecule has 14 heavy (non-hydrogen) atoms. The van der Waals surface area contributed by atoms with Crippen molar-refractivity contribution in [2.24, 2.45) is 0 Å². The van der Waals surface area contributed by atoms with Gasteiger partial charge in [0.25, 0.3) is 0 Å². The number of nitrogens with one attached hydrogen (secondary N) is 1. The summed E-state index contributed by atoms with van der Waals surface area (Å²) in [5.41, 5.74) is 0. The maximum atomic E-state index is 11.8. The highest BCUT2D eigenvalue weighted by atomic mass is 32.2. The topological polar surface area (TPSA) is 12.0 Å². The minimum atomic E-state index is -4.00. The van der Waals surface area contributed by atoms with Crippen LogP contribution in [0.25, 0.3) is 0 Å². The normalized spacial score (nSPS) is 28.3. The Hall–Kier alpha value is 0.100. The van der Waals surface area contributed by atoms with Crippen LogP contribution in [0.1, 0.15) is 26.2 Å². The molecule has 0 aromatic carbocycles. The van der Waals surface area contributed by atoms with Crippen LogP contribution in [0.15, 0.2) is 0 Å². The largest absolute Gasteiger partial charge is 0.389 e. The zero-order valence-corrected chi connectivity index (χ0v) is 9.05. The van der Waals surface area contributed by atoms with Crippen molar-refractivity contribution in [1.29, 1.82) is 0 Å². The van der Waals surface area contributed by atoms with E-state index in [1.165, 1.54) is 0 Å². The fourth-order valence-electron chi connectivity index (χ4n) is 1.58. The average molecular weight is 227 g/mol. The van der Waals surface area contributed by atoms with E-state index in [1.807, 2.05) is 11.8 Å². The second-order valence-corrected chi connectivity index (χ2v) is 5.13. The molecule has 0 amide bonds. The van der Waals surface area contributed by atoms with Crippen LogP contribution in [0.4, 0.5) is 13.2 Å². The van der Waals surface area contributed by atoms with E-state index in [1.54, 1.807) is 0 Å². The van der Waals surface area contributed by atoms with E-state index in [9.17, 15) is 13.2 Å². The first-order chi connectivity index (χ1) is 6.49. The molecule has 2 atom stereocenters. The second kappa shape index (κ2) is 5.26. The molecular formula is C9H16F3NS. The molecule has 1 heterocycles. The Morgan fingerprint density at radius 2 is 2.14 bits per heavy atom. The quantitative estimate of drug-likeness (QED) is 0.741. The Labute approximate surface area is 86.8 Å². The van der Waals surface area contributed by atoms with Crippen molar-refractivity contribution in [1.82, 2.24) is 5.32 Å². The molecule has 1 aliphatic heterocycles. The molecule has 1 nitrogen and oxygen atoms in total. The van der Waals surface area contributed by atoms with Crippen molar-refractivity contribution in [3.8, 4) is 0 Å². The van der Waals surface area contributed by atoms with Gasteiger partial charge in [-0.25, -0.2) is 0 Å². The lowest BCUT2D eigenvalue weighted by Crippen LogP contribution is -2.34. The summed E-state index contributed by atoms with van der Waals surface area (Å²) in [6, 6.07) is 0.410. The van der Waals surface area contributed by atoms with E-state index in [2.05, 4.69) is 12.2 Å². The summed E-state index contributed by atoms with van der Waals surface area (Å²) in [7, 11) is 0. The summed E-state index contributed by atoms with van der Waals surface area (Å²) in [5.74, 6) is 1.12. The summed E-state index contributed by atoms with van der Waals surface area (Å²) in [6.45, 7) is 2.61. The van der Waals surface area contributed by atoms with Crippen molar-refractivity contribution < 1.29 is 13.2 Å². The number of alkyl halides is 3. The first-order valence-corrected chi connectivity index (χ1v) is 5.95. The predicted octanol–water partition coefficient (Wildman–Crippen LogP) is 2.81. The summed E-state index contributed by atoms with van der Waals surface area (Å²) < 4.78 is 35.4. The van der Waals surface area contributed by atoms with Gasteiger partial charge >= 0.3 is 6.18 Å². The van der Waals surface area contributed by atoms with Crippen molar-refractivity contribution in [3.63, 3.8) is 0 Å². The SMILES string of the molecule is CC1SCCC1NCCCC(F)(F)F. The lowest BCUT2D eigenvalue weighted by molar-refractivity contribution is -0.135. The fraction of sp³-hybridized carbons (Fsp3) is 1.00. The monoisotopic (exact) mass is 227 g/mol. The van der Waals surface area contributed by atoms with Gasteiger partial charge in [0.2, 0.25) is 0 Å². The highest BCUT2D eigenvalue weighted by Crippen LogP contribution is 2.26. The minimum Gasteiger partial charge on any atom is -0.313 e. The maximum absolute atomic E-state index is 11.8. The average Bonchev–Trinajstić information content (AvgIpc) is 2.44. The zero-order valence-electron chi connectivity index (χ0n) is 8.23. The van der Waals surface area contributed by atoms with Gasteiger partial charge in [0.15, 0.2) is 0 Å². The van der Waals surface area contributed by atoms with Crippen LogP contribution < -0.4 is 5.32 Å². The Morgan fingerprint density at radius 1 is 1.43 bits per heavy atom. The van der Waals surface area contributed by atoms with E-state index in [4.69, 9.17) is 0 Å². The van der Waals surface area contributed by atoms with Crippen LogP contribution in [-0.4, -0.2) is 29.8 Å². The molecule has 0 saturated carbocycles. The molecule has 5 heteroatoms. The highest BCUT2D eigenvalue weighted by Gasteiger charge is 2.27. The van der Waals surface area contributed by atoms with Crippen LogP contribution in [0.5, 0.6) is 0 Å². The molecule has 0 spiro atoms. The Morgan fingerprint density at radius 3 is 2.64 bits per heavy atom.